The van der Waals surface area contributed by atoms with Crippen molar-refractivity contribution < 1.29 is 9.13 Å². The van der Waals surface area contributed by atoms with Gasteiger partial charge >= 0.3 is 0 Å². The van der Waals surface area contributed by atoms with Gasteiger partial charge in [0.25, 0.3) is 0 Å². The van der Waals surface area contributed by atoms with Gasteiger partial charge < -0.3 is 4.74 Å². The number of fused-ring (bicyclic) bond motifs is 1. The smallest absolute Gasteiger partial charge is 0.172 e. The van der Waals surface area contributed by atoms with E-state index < -0.39 is 5.82 Å². The molecule has 1 aromatic carbocycles. The van der Waals surface area contributed by atoms with Crippen molar-refractivity contribution in [2.24, 2.45) is 0 Å². The lowest BCUT2D eigenvalue weighted by molar-refractivity contribution is 0.414. The summed E-state index contributed by atoms with van der Waals surface area (Å²) in [4.78, 5) is 4.22. The molecule has 2 heterocycles. The molecule has 3 aromatic rings. The van der Waals surface area contributed by atoms with Gasteiger partial charge in [0.2, 0.25) is 0 Å². The summed E-state index contributed by atoms with van der Waals surface area (Å²) in [7, 11) is 1.61. The fourth-order valence-corrected chi connectivity index (χ4v) is 2.26. The second-order valence-corrected chi connectivity index (χ2v) is 4.89. The van der Waals surface area contributed by atoms with Crippen molar-refractivity contribution in [3.8, 4) is 11.8 Å². The molecule has 0 radical (unpaired) electrons. The molecular formula is C16H13FN4O. The topological polar surface area (TPSA) is 63.7 Å². The van der Waals surface area contributed by atoms with E-state index in [1.807, 2.05) is 30.3 Å². The third-order valence-electron chi connectivity index (χ3n) is 3.45. The van der Waals surface area contributed by atoms with E-state index >= 15 is 0 Å². The van der Waals surface area contributed by atoms with E-state index in [2.05, 4.69) is 10.1 Å². The lowest BCUT2D eigenvalue weighted by Gasteiger charge is -2.05. The number of methoxy groups -OCH3 is 1. The maximum absolute atomic E-state index is 13.7. The Morgan fingerprint density at radius 3 is 2.68 bits per heavy atom. The van der Waals surface area contributed by atoms with Gasteiger partial charge in [-0.25, -0.2) is 14.1 Å². The van der Waals surface area contributed by atoms with Crippen molar-refractivity contribution in [3.63, 3.8) is 0 Å². The van der Waals surface area contributed by atoms with Crippen LogP contribution < -0.4 is 4.74 Å². The molecule has 0 bridgehead atoms. The van der Waals surface area contributed by atoms with Gasteiger partial charge in [0, 0.05) is 0 Å². The van der Waals surface area contributed by atoms with Gasteiger partial charge in [-0.05, 0) is 30.7 Å². The number of rotatable bonds is 3. The van der Waals surface area contributed by atoms with E-state index in [4.69, 9.17) is 10.00 Å². The predicted molar refractivity (Wildman–Crippen MR) is 79.0 cm³/mol. The molecule has 6 heteroatoms. The Bertz CT molecular complexity index is 878. The highest BCUT2D eigenvalue weighted by molar-refractivity contribution is 5.81. The molecule has 0 N–H and O–H groups in total. The summed E-state index contributed by atoms with van der Waals surface area (Å²) in [5.41, 5.74) is 1.95. The quantitative estimate of drug-likeness (QED) is 0.745. The number of benzene rings is 1. The van der Waals surface area contributed by atoms with Gasteiger partial charge in [-0.2, -0.15) is 10.4 Å². The molecule has 110 valence electrons. The summed E-state index contributed by atoms with van der Waals surface area (Å²) < 4.78 is 20.4. The van der Waals surface area contributed by atoms with Crippen LogP contribution in [0.4, 0.5) is 4.39 Å². The number of pyridine rings is 1. The summed E-state index contributed by atoms with van der Waals surface area (Å²) >= 11 is 0. The molecule has 5 nitrogen and oxygen atoms in total. The van der Waals surface area contributed by atoms with Gasteiger partial charge in [0.05, 0.1) is 24.7 Å². The largest absolute Gasteiger partial charge is 0.497 e. The maximum atomic E-state index is 13.7. The molecule has 0 aliphatic heterocycles. The Labute approximate surface area is 126 Å². The van der Waals surface area contributed by atoms with Crippen LogP contribution in [0.25, 0.3) is 11.0 Å². The van der Waals surface area contributed by atoms with Crippen LogP contribution in [0.1, 0.15) is 17.0 Å². The molecule has 0 aliphatic carbocycles. The number of aromatic nitrogens is 3. The molecule has 3 rings (SSSR count). The van der Waals surface area contributed by atoms with Crippen LogP contribution >= 0.6 is 0 Å². The predicted octanol–water partition coefficient (Wildman–Crippen LogP) is 2.81. The minimum atomic E-state index is -0.437. The van der Waals surface area contributed by atoms with Crippen LogP contribution in [0.3, 0.4) is 0 Å². The number of ether oxygens (including phenoxy) is 1. The third kappa shape index (κ3) is 2.37. The fraction of sp³-hybridized carbons (Fsp3) is 0.188. The van der Waals surface area contributed by atoms with E-state index in [9.17, 15) is 4.39 Å². The highest BCUT2D eigenvalue weighted by Gasteiger charge is 2.14. The molecule has 0 atom stereocenters. The Balaban J connectivity index is 2.06. The minimum Gasteiger partial charge on any atom is -0.497 e. The van der Waals surface area contributed by atoms with E-state index in [1.54, 1.807) is 18.7 Å². The zero-order valence-corrected chi connectivity index (χ0v) is 12.2. The van der Waals surface area contributed by atoms with E-state index in [0.29, 0.717) is 17.6 Å². The number of halogens is 1. The maximum Gasteiger partial charge on any atom is 0.172 e. The molecule has 0 saturated heterocycles. The average Bonchev–Trinajstić information content (AvgIpc) is 2.86. The Morgan fingerprint density at radius 1 is 1.32 bits per heavy atom. The molecule has 0 saturated carbocycles. The third-order valence-corrected chi connectivity index (χ3v) is 3.45. The monoisotopic (exact) mass is 296 g/mol. The first kappa shape index (κ1) is 14.0. The van der Waals surface area contributed by atoms with Crippen molar-refractivity contribution >= 4 is 11.0 Å². The summed E-state index contributed by atoms with van der Waals surface area (Å²) in [6, 6.07) is 10.8. The molecule has 2 aromatic heterocycles. The zero-order valence-electron chi connectivity index (χ0n) is 12.2. The van der Waals surface area contributed by atoms with Crippen molar-refractivity contribution in [1.29, 1.82) is 5.26 Å². The van der Waals surface area contributed by atoms with Gasteiger partial charge in [-0.1, -0.05) is 12.1 Å². The molecule has 22 heavy (non-hydrogen) atoms. The first-order chi connectivity index (χ1) is 10.6. The highest BCUT2D eigenvalue weighted by Crippen LogP contribution is 2.21. The number of hydrogen-bond acceptors (Lipinski definition) is 4. The van der Waals surface area contributed by atoms with Gasteiger partial charge in [0.1, 0.15) is 17.6 Å². The molecule has 0 fully saturated rings. The van der Waals surface area contributed by atoms with E-state index in [0.717, 1.165) is 11.3 Å². The SMILES string of the molecule is COc1ccc(Cn2nc(C#N)c3cc(F)c(C)nc32)cc1. The summed E-state index contributed by atoms with van der Waals surface area (Å²) in [5.74, 6) is 0.329. The summed E-state index contributed by atoms with van der Waals surface area (Å²) in [5, 5.41) is 13.8. The van der Waals surface area contributed by atoms with Crippen LogP contribution in [-0.4, -0.2) is 21.9 Å². The zero-order chi connectivity index (χ0) is 15.7. The molecule has 0 aliphatic rings. The van der Waals surface area contributed by atoms with Crippen molar-refractivity contribution in [1.82, 2.24) is 14.8 Å². The van der Waals surface area contributed by atoms with Gasteiger partial charge in [-0.3, -0.25) is 0 Å². The van der Waals surface area contributed by atoms with Crippen LogP contribution in [-0.2, 0) is 6.54 Å². The molecular weight excluding hydrogens is 283 g/mol. The van der Waals surface area contributed by atoms with E-state index in [1.165, 1.54) is 6.07 Å². The Morgan fingerprint density at radius 2 is 2.05 bits per heavy atom. The molecule has 0 spiro atoms. The fourth-order valence-electron chi connectivity index (χ4n) is 2.26. The number of nitriles is 1. The minimum absolute atomic E-state index is 0.176. The summed E-state index contributed by atoms with van der Waals surface area (Å²) in [6.07, 6.45) is 0. The number of nitrogens with zero attached hydrogens (tertiary/aromatic N) is 4. The first-order valence-corrected chi connectivity index (χ1v) is 6.69. The standard InChI is InChI=1S/C16H13FN4O/c1-10-14(17)7-13-15(8-18)20-21(16(13)19-10)9-11-3-5-12(22-2)6-4-11/h3-7H,9H2,1-2H3. The summed E-state index contributed by atoms with van der Waals surface area (Å²) in [6.45, 7) is 2.03. The van der Waals surface area contributed by atoms with Crippen LogP contribution in [0.15, 0.2) is 30.3 Å². The van der Waals surface area contributed by atoms with Crippen molar-refractivity contribution in [2.45, 2.75) is 13.5 Å². The van der Waals surface area contributed by atoms with Crippen molar-refractivity contribution in [2.75, 3.05) is 7.11 Å². The van der Waals surface area contributed by atoms with Gasteiger partial charge in [0.15, 0.2) is 11.3 Å². The first-order valence-electron chi connectivity index (χ1n) is 6.69. The number of hydrogen-bond donors (Lipinski definition) is 0. The Kier molecular flexibility index (Phi) is 3.47. The van der Waals surface area contributed by atoms with Gasteiger partial charge in [-0.15, -0.1) is 0 Å². The second-order valence-electron chi connectivity index (χ2n) is 4.89. The normalized spacial score (nSPS) is 10.6. The molecule has 0 amide bonds. The van der Waals surface area contributed by atoms with Crippen molar-refractivity contribution in [3.05, 3.63) is 53.1 Å². The van der Waals surface area contributed by atoms with Crippen LogP contribution in [0, 0.1) is 24.1 Å². The lowest BCUT2D eigenvalue weighted by atomic mass is 10.2. The van der Waals surface area contributed by atoms with Crippen LogP contribution in [0.5, 0.6) is 5.75 Å². The second kappa shape index (κ2) is 5.45. The molecule has 0 unspecified atom stereocenters. The van der Waals surface area contributed by atoms with Crippen LogP contribution in [0.2, 0.25) is 0 Å². The number of aryl methyl sites for hydroxylation is 1. The lowest BCUT2D eigenvalue weighted by Crippen LogP contribution is -2.03. The highest BCUT2D eigenvalue weighted by atomic mass is 19.1. The van der Waals surface area contributed by atoms with E-state index in [-0.39, 0.29) is 11.4 Å². The average molecular weight is 296 g/mol. The Hall–Kier alpha value is -2.94.